The van der Waals surface area contributed by atoms with Crippen molar-refractivity contribution in [2.45, 2.75) is 12.6 Å². The van der Waals surface area contributed by atoms with Crippen LogP contribution in [-0.2, 0) is 20.4 Å². The van der Waals surface area contributed by atoms with Crippen LogP contribution in [0.25, 0.3) is 0 Å². The van der Waals surface area contributed by atoms with Crippen LogP contribution in [0.4, 0.5) is 18.9 Å². The monoisotopic (exact) mass is 491 g/mol. The maximum atomic E-state index is 12.8. The first-order valence-corrected chi connectivity index (χ1v) is 8.89. The molecule has 0 aliphatic rings. The van der Waals surface area contributed by atoms with Gasteiger partial charge in [-0.3, -0.25) is 14.9 Å². The lowest BCUT2D eigenvalue weighted by Crippen LogP contribution is -2.12. The molecule has 2 aromatic carbocycles. The molecule has 2 rings (SSSR count). The van der Waals surface area contributed by atoms with E-state index in [1.54, 1.807) is 0 Å². The number of benzene rings is 2. The molecule has 30 heavy (non-hydrogen) atoms. The Morgan fingerprint density at radius 3 is 2.43 bits per heavy atom. The molecule has 0 bridgehead atoms. The molecule has 0 radical (unpaired) electrons. The summed E-state index contributed by atoms with van der Waals surface area (Å²) in [5, 5.41) is 11.2. The van der Waals surface area contributed by atoms with E-state index in [9.17, 15) is 32.9 Å². The van der Waals surface area contributed by atoms with Gasteiger partial charge in [0, 0.05) is 12.1 Å². The first-order chi connectivity index (χ1) is 14.0. The molecular weight excluding hydrogens is 479 g/mol. The molecule has 0 aromatic heterocycles. The standard InChI is InChI=1S/C18H13BrF3NO7/c1-28-16(24)6-7-29-17(25)12-9-11(3-4-14(12)23(26)27)30-15-5-2-10(8-13(15)19)18(20,21)22/h2-5,8-9H,6-7H2,1H3. The Bertz CT molecular complexity index is 979. The Kier molecular flexibility index (Phi) is 7.38. The molecule has 0 heterocycles. The van der Waals surface area contributed by atoms with Crippen molar-refractivity contribution in [2.24, 2.45) is 0 Å². The third-order valence-electron chi connectivity index (χ3n) is 3.64. The van der Waals surface area contributed by atoms with Crippen LogP contribution in [0.2, 0.25) is 0 Å². The number of rotatable bonds is 7. The number of halogens is 4. The van der Waals surface area contributed by atoms with Crippen LogP contribution in [0.15, 0.2) is 40.9 Å². The summed E-state index contributed by atoms with van der Waals surface area (Å²) in [6, 6.07) is 5.85. The van der Waals surface area contributed by atoms with Crippen molar-refractivity contribution in [3.63, 3.8) is 0 Å². The first-order valence-electron chi connectivity index (χ1n) is 8.10. The van der Waals surface area contributed by atoms with Crippen LogP contribution < -0.4 is 4.74 Å². The summed E-state index contributed by atoms with van der Waals surface area (Å²) in [5.74, 6) is -1.79. The molecule has 0 fully saturated rings. The molecule has 2 aromatic rings. The Balaban J connectivity index is 2.26. The van der Waals surface area contributed by atoms with E-state index < -0.39 is 39.9 Å². The van der Waals surface area contributed by atoms with Gasteiger partial charge < -0.3 is 14.2 Å². The van der Waals surface area contributed by atoms with E-state index >= 15 is 0 Å². The van der Waals surface area contributed by atoms with E-state index in [-0.39, 0.29) is 29.0 Å². The summed E-state index contributed by atoms with van der Waals surface area (Å²) >= 11 is 2.97. The Labute approximate surface area is 175 Å². The summed E-state index contributed by atoms with van der Waals surface area (Å²) in [4.78, 5) is 33.6. The summed E-state index contributed by atoms with van der Waals surface area (Å²) in [5.41, 5.74) is -1.93. The number of methoxy groups -OCH3 is 1. The van der Waals surface area contributed by atoms with E-state index in [0.717, 1.165) is 37.4 Å². The first kappa shape index (κ1) is 23.1. The van der Waals surface area contributed by atoms with E-state index in [2.05, 4.69) is 20.7 Å². The number of nitro groups is 1. The molecule has 12 heteroatoms. The lowest BCUT2D eigenvalue weighted by atomic mass is 10.1. The van der Waals surface area contributed by atoms with Gasteiger partial charge in [0.1, 0.15) is 23.7 Å². The zero-order chi connectivity index (χ0) is 22.5. The van der Waals surface area contributed by atoms with Gasteiger partial charge in [0.05, 0.1) is 28.5 Å². The van der Waals surface area contributed by atoms with Gasteiger partial charge in [0.15, 0.2) is 0 Å². The van der Waals surface area contributed by atoms with Crippen molar-refractivity contribution < 1.29 is 41.9 Å². The van der Waals surface area contributed by atoms with Crippen LogP contribution in [0, 0.1) is 10.1 Å². The van der Waals surface area contributed by atoms with Gasteiger partial charge in [-0.25, -0.2) is 4.79 Å². The molecule has 0 saturated heterocycles. The number of nitro benzene ring substituents is 1. The average Bonchev–Trinajstić information content (AvgIpc) is 2.68. The van der Waals surface area contributed by atoms with Gasteiger partial charge in [0.2, 0.25) is 0 Å². The highest BCUT2D eigenvalue weighted by molar-refractivity contribution is 9.10. The van der Waals surface area contributed by atoms with Gasteiger partial charge in [0.25, 0.3) is 5.69 Å². The molecular formula is C18H13BrF3NO7. The van der Waals surface area contributed by atoms with Crippen LogP contribution >= 0.6 is 15.9 Å². The molecule has 0 atom stereocenters. The predicted molar refractivity (Wildman–Crippen MR) is 99.2 cm³/mol. The smallest absolute Gasteiger partial charge is 0.416 e. The van der Waals surface area contributed by atoms with Gasteiger partial charge in [-0.2, -0.15) is 13.2 Å². The van der Waals surface area contributed by atoms with Crippen LogP contribution in [0.1, 0.15) is 22.3 Å². The number of esters is 2. The maximum absolute atomic E-state index is 12.8. The van der Waals surface area contributed by atoms with Gasteiger partial charge in [-0.15, -0.1) is 0 Å². The third-order valence-corrected chi connectivity index (χ3v) is 4.26. The quantitative estimate of drug-likeness (QED) is 0.308. The highest BCUT2D eigenvalue weighted by Gasteiger charge is 2.31. The van der Waals surface area contributed by atoms with Crippen molar-refractivity contribution in [1.29, 1.82) is 0 Å². The molecule has 0 aliphatic heterocycles. The zero-order valence-corrected chi connectivity index (χ0v) is 16.8. The van der Waals surface area contributed by atoms with E-state index in [4.69, 9.17) is 9.47 Å². The lowest BCUT2D eigenvalue weighted by molar-refractivity contribution is -0.385. The number of carbonyl (C=O) groups is 2. The predicted octanol–water partition coefficient (Wildman–Crippen LogP) is 4.89. The molecule has 0 N–H and O–H groups in total. The Morgan fingerprint density at radius 2 is 1.87 bits per heavy atom. The summed E-state index contributed by atoms with van der Waals surface area (Å²) < 4.78 is 52.9. The van der Waals surface area contributed by atoms with Crippen molar-refractivity contribution in [2.75, 3.05) is 13.7 Å². The minimum atomic E-state index is -4.55. The fourth-order valence-corrected chi connectivity index (χ4v) is 2.65. The molecule has 0 unspecified atom stereocenters. The van der Waals surface area contributed by atoms with Crippen LogP contribution in [-0.4, -0.2) is 30.6 Å². The molecule has 0 saturated carbocycles. The molecule has 0 amide bonds. The van der Waals surface area contributed by atoms with Crippen LogP contribution in [0.5, 0.6) is 11.5 Å². The number of hydrogen-bond donors (Lipinski definition) is 0. The highest BCUT2D eigenvalue weighted by Crippen LogP contribution is 2.37. The summed E-state index contributed by atoms with van der Waals surface area (Å²) in [6.07, 6.45) is -4.79. The van der Waals surface area contributed by atoms with Gasteiger partial charge in [-0.05, 0) is 40.2 Å². The topological polar surface area (TPSA) is 105 Å². The fraction of sp³-hybridized carbons (Fsp3) is 0.222. The summed E-state index contributed by atoms with van der Waals surface area (Å²) in [7, 11) is 1.15. The second kappa shape index (κ2) is 9.57. The lowest BCUT2D eigenvalue weighted by Gasteiger charge is -2.12. The number of carbonyl (C=O) groups excluding carboxylic acids is 2. The largest absolute Gasteiger partial charge is 0.469 e. The third kappa shape index (κ3) is 5.92. The number of nitrogens with zero attached hydrogens (tertiary/aromatic N) is 1. The van der Waals surface area contributed by atoms with Crippen molar-refractivity contribution in [1.82, 2.24) is 0 Å². The van der Waals surface area contributed by atoms with Crippen molar-refractivity contribution >= 4 is 33.6 Å². The van der Waals surface area contributed by atoms with Crippen LogP contribution in [0.3, 0.4) is 0 Å². The van der Waals surface area contributed by atoms with Gasteiger partial charge in [-0.1, -0.05) is 0 Å². The zero-order valence-electron chi connectivity index (χ0n) is 15.2. The number of alkyl halides is 3. The Morgan fingerprint density at radius 1 is 1.17 bits per heavy atom. The van der Waals surface area contributed by atoms with E-state index in [1.807, 2.05) is 0 Å². The fourth-order valence-electron chi connectivity index (χ4n) is 2.20. The minimum absolute atomic E-state index is 0.0122. The molecule has 8 nitrogen and oxygen atoms in total. The second-order valence-electron chi connectivity index (χ2n) is 5.64. The highest BCUT2D eigenvalue weighted by atomic mass is 79.9. The van der Waals surface area contributed by atoms with E-state index in [1.165, 1.54) is 6.07 Å². The SMILES string of the molecule is COC(=O)CCOC(=O)c1cc(Oc2ccc(C(F)(F)F)cc2Br)ccc1[N+](=O)[O-]. The normalized spacial score (nSPS) is 11.0. The van der Waals surface area contributed by atoms with Gasteiger partial charge >= 0.3 is 18.1 Å². The number of hydrogen-bond acceptors (Lipinski definition) is 7. The number of ether oxygens (including phenoxy) is 3. The van der Waals surface area contributed by atoms with Crippen molar-refractivity contribution in [3.8, 4) is 11.5 Å². The maximum Gasteiger partial charge on any atom is 0.416 e. The minimum Gasteiger partial charge on any atom is -0.469 e. The average molecular weight is 492 g/mol. The van der Waals surface area contributed by atoms with E-state index in [0.29, 0.717) is 0 Å². The van der Waals surface area contributed by atoms with Crippen molar-refractivity contribution in [3.05, 3.63) is 62.1 Å². The molecule has 0 spiro atoms. The molecule has 0 aliphatic carbocycles. The second-order valence-corrected chi connectivity index (χ2v) is 6.50. The Hall–Kier alpha value is -3.15. The molecule has 160 valence electrons. The summed E-state index contributed by atoms with van der Waals surface area (Å²) in [6.45, 7) is -0.363.